The van der Waals surface area contributed by atoms with Gasteiger partial charge in [0.15, 0.2) is 0 Å². The molecule has 0 unspecified atom stereocenters. The van der Waals surface area contributed by atoms with Gasteiger partial charge in [-0.25, -0.2) is 0 Å². The minimum atomic E-state index is -0.193. The third kappa shape index (κ3) is 6.92. The molecule has 0 bridgehead atoms. The number of carbonyl (C=O) groups is 1. The van der Waals surface area contributed by atoms with Crippen molar-refractivity contribution in [3.8, 4) is 11.8 Å². The molecule has 0 atom stereocenters. The summed E-state index contributed by atoms with van der Waals surface area (Å²) in [6, 6.07) is 0. The highest BCUT2D eigenvalue weighted by Gasteiger charge is 1.85. The summed E-state index contributed by atoms with van der Waals surface area (Å²) in [4.78, 5) is 10.6. The first-order valence-electron chi connectivity index (χ1n) is 4.01. The lowest BCUT2D eigenvalue weighted by Crippen LogP contribution is -2.14. The molecule has 0 aromatic rings. The molecule has 2 nitrogen and oxygen atoms in total. The molecule has 0 aromatic carbocycles. The monoisotopic (exact) mass is 153 g/mol. The molecule has 0 aliphatic rings. The van der Waals surface area contributed by atoms with Crippen molar-refractivity contribution in [1.82, 2.24) is 5.32 Å². The second kappa shape index (κ2) is 7.14. The van der Waals surface area contributed by atoms with Crippen molar-refractivity contribution in [3.05, 3.63) is 0 Å². The Bertz CT molecular complexity index is 164. The normalized spacial score (nSPS) is 8.18. The molecule has 0 saturated heterocycles. The highest BCUT2D eigenvalue weighted by Crippen LogP contribution is 1.96. The molecule has 11 heavy (non-hydrogen) atoms. The van der Waals surface area contributed by atoms with Crippen molar-refractivity contribution < 1.29 is 4.79 Å². The van der Waals surface area contributed by atoms with E-state index in [0.29, 0.717) is 0 Å². The van der Waals surface area contributed by atoms with Crippen LogP contribution < -0.4 is 5.32 Å². The predicted molar refractivity (Wildman–Crippen MR) is 46.0 cm³/mol. The van der Waals surface area contributed by atoms with Gasteiger partial charge in [0.25, 0.3) is 5.91 Å². The van der Waals surface area contributed by atoms with Crippen LogP contribution in [0.25, 0.3) is 0 Å². The Morgan fingerprint density at radius 1 is 1.45 bits per heavy atom. The first-order valence-corrected chi connectivity index (χ1v) is 4.01. The third-order valence-electron chi connectivity index (χ3n) is 1.33. The molecule has 0 fully saturated rings. The summed E-state index contributed by atoms with van der Waals surface area (Å²) in [5.41, 5.74) is 0. The van der Waals surface area contributed by atoms with E-state index >= 15 is 0 Å². The molecule has 2 heteroatoms. The lowest BCUT2D eigenvalue weighted by Gasteiger charge is -1.88. The number of hydrogen-bond acceptors (Lipinski definition) is 1. The van der Waals surface area contributed by atoms with E-state index in [4.69, 9.17) is 0 Å². The Hall–Kier alpha value is -0.970. The molecule has 1 amide bonds. The van der Waals surface area contributed by atoms with E-state index < -0.39 is 0 Å². The van der Waals surface area contributed by atoms with Crippen LogP contribution in [0, 0.1) is 11.8 Å². The van der Waals surface area contributed by atoms with Crippen molar-refractivity contribution in [2.45, 2.75) is 32.6 Å². The fraction of sp³-hybridized carbons (Fsp3) is 0.667. The van der Waals surface area contributed by atoms with Crippen LogP contribution in [0.1, 0.15) is 32.6 Å². The predicted octanol–water partition coefficient (Wildman–Crippen LogP) is 1.32. The zero-order valence-electron chi connectivity index (χ0n) is 7.24. The van der Waals surface area contributed by atoms with Gasteiger partial charge in [-0.3, -0.25) is 4.79 Å². The summed E-state index contributed by atoms with van der Waals surface area (Å²) in [6.07, 6.45) is 4.33. The Balaban J connectivity index is 3.32. The number of nitrogens with one attached hydrogen (secondary N) is 1. The molecular formula is C9H15NO. The summed E-state index contributed by atoms with van der Waals surface area (Å²) >= 11 is 0. The second-order valence-electron chi connectivity index (χ2n) is 2.34. The molecule has 1 N–H and O–H groups in total. The minimum absolute atomic E-state index is 0.193. The van der Waals surface area contributed by atoms with Gasteiger partial charge in [0.1, 0.15) is 0 Å². The van der Waals surface area contributed by atoms with Crippen molar-refractivity contribution in [2.75, 3.05) is 7.05 Å². The summed E-state index contributed by atoms with van der Waals surface area (Å²) in [6.45, 7) is 2.15. The van der Waals surface area contributed by atoms with Crippen LogP contribution in [0.5, 0.6) is 0 Å². The van der Waals surface area contributed by atoms with Gasteiger partial charge in [-0.2, -0.15) is 0 Å². The quantitative estimate of drug-likeness (QED) is 0.481. The van der Waals surface area contributed by atoms with Gasteiger partial charge in [-0.1, -0.05) is 25.7 Å². The lowest BCUT2D eigenvalue weighted by molar-refractivity contribution is -0.115. The average molecular weight is 153 g/mol. The summed E-state index contributed by atoms with van der Waals surface area (Å²) in [5, 5.41) is 2.44. The Morgan fingerprint density at radius 2 is 2.18 bits per heavy atom. The van der Waals surface area contributed by atoms with Crippen molar-refractivity contribution >= 4 is 5.91 Å². The first kappa shape index (κ1) is 10.0. The smallest absolute Gasteiger partial charge is 0.295 e. The van der Waals surface area contributed by atoms with E-state index in [2.05, 4.69) is 24.1 Å². The van der Waals surface area contributed by atoms with Gasteiger partial charge >= 0.3 is 0 Å². The maximum absolute atomic E-state index is 10.6. The number of unbranched alkanes of at least 4 members (excludes halogenated alkanes) is 3. The number of amides is 1. The van der Waals surface area contributed by atoms with Crippen LogP contribution in [0.4, 0.5) is 0 Å². The van der Waals surface area contributed by atoms with Gasteiger partial charge in [0.05, 0.1) is 0 Å². The molecule has 0 rings (SSSR count). The first-order chi connectivity index (χ1) is 5.31. The molecular weight excluding hydrogens is 138 g/mol. The standard InChI is InChI=1S/C9H15NO/c1-3-4-5-6-7-8-9(11)10-2/h3-6H2,1-2H3,(H,10,11). The molecule has 0 saturated carbocycles. The molecule has 62 valence electrons. The average Bonchev–Trinajstić information content (AvgIpc) is 2.04. The summed E-state index contributed by atoms with van der Waals surface area (Å²) < 4.78 is 0. The van der Waals surface area contributed by atoms with E-state index in [1.165, 1.54) is 12.8 Å². The van der Waals surface area contributed by atoms with E-state index in [1.807, 2.05) is 0 Å². The molecule has 0 aliphatic carbocycles. The summed E-state index contributed by atoms with van der Waals surface area (Å²) in [5.74, 6) is 5.11. The van der Waals surface area contributed by atoms with Gasteiger partial charge in [-0.05, 0) is 12.3 Å². The highest BCUT2D eigenvalue weighted by molar-refractivity contribution is 5.93. The molecule has 0 spiro atoms. The summed E-state index contributed by atoms with van der Waals surface area (Å²) in [7, 11) is 1.59. The van der Waals surface area contributed by atoms with Crippen LogP contribution >= 0.6 is 0 Å². The number of rotatable bonds is 3. The fourth-order valence-corrected chi connectivity index (χ4v) is 0.669. The van der Waals surface area contributed by atoms with E-state index in [1.54, 1.807) is 7.05 Å². The third-order valence-corrected chi connectivity index (χ3v) is 1.33. The van der Waals surface area contributed by atoms with Crippen LogP contribution in [-0.4, -0.2) is 13.0 Å². The largest absolute Gasteiger partial charge is 0.348 e. The fourth-order valence-electron chi connectivity index (χ4n) is 0.669. The lowest BCUT2D eigenvalue weighted by atomic mass is 10.2. The SMILES string of the molecule is CCCCCC#CC(=O)NC. The molecule has 0 radical (unpaired) electrons. The minimum Gasteiger partial charge on any atom is -0.348 e. The van der Waals surface area contributed by atoms with Gasteiger partial charge < -0.3 is 5.32 Å². The van der Waals surface area contributed by atoms with Crippen LogP contribution in [0.3, 0.4) is 0 Å². The van der Waals surface area contributed by atoms with Crippen molar-refractivity contribution in [2.24, 2.45) is 0 Å². The molecule has 0 aliphatic heterocycles. The maximum atomic E-state index is 10.6. The number of hydrogen-bond donors (Lipinski definition) is 1. The Kier molecular flexibility index (Phi) is 6.51. The van der Waals surface area contributed by atoms with Crippen LogP contribution in [0.2, 0.25) is 0 Å². The Morgan fingerprint density at radius 3 is 2.73 bits per heavy atom. The van der Waals surface area contributed by atoms with E-state index in [0.717, 1.165) is 12.8 Å². The zero-order chi connectivity index (χ0) is 8.53. The van der Waals surface area contributed by atoms with Gasteiger partial charge in [0.2, 0.25) is 0 Å². The van der Waals surface area contributed by atoms with Crippen LogP contribution in [0.15, 0.2) is 0 Å². The van der Waals surface area contributed by atoms with Crippen molar-refractivity contribution in [1.29, 1.82) is 0 Å². The van der Waals surface area contributed by atoms with E-state index in [9.17, 15) is 4.79 Å². The van der Waals surface area contributed by atoms with Gasteiger partial charge in [0, 0.05) is 13.5 Å². The van der Waals surface area contributed by atoms with E-state index in [-0.39, 0.29) is 5.91 Å². The number of carbonyl (C=O) groups excluding carboxylic acids is 1. The Labute approximate surface area is 68.4 Å². The molecule has 0 heterocycles. The maximum Gasteiger partial charge on any atom is 0.295 e. The molecule has 0 aromatic heterocycles. The van der Waals surface area contributed by atoms with Gasteiger partial charge in [-0.15, -0.1) is 0 Å². The topological polar surface area (TPSA) is 29.1 Å². The van der Waals surface area contributed by atoms with Crippen LogP contribution in [-0.2, 0) is 4.79 Å². The highest BCUT2D eigenvalue weighted by atomic mass is 16.1. The second-order valence-corrected chi connectivity index (χ2v) is 2.34. The van der Waals surface area contributed by atoms with Crippen molar-refractivity contribution in [3.63, 3.8) is 0 Å². The zero-order valence-corrected chi connectivity index (χ0v) is 7.24.